The monoisotopic (exact) mass is 317 g/mol. The van der Waals surface area contributed by atoms with Crippen LogP contribution in [-0.4, -0.2) is 13.2 Å². The summed E-state index contributed by atoms with van der Waals surface area (Å²) in [5.74, 6) is 1.29. The molecule has 1 aliphatic rings. The zero-order valence-corrected chi connectivity index (χ0v) is 12.4. The van der Waals surface area contributed by atoms with E-state index in [0.29, 0.717) is 17.0 Å². The van der Waals surface area contributed by atoms with Crippen molar-refractivity contribution < 1.29 is 4.74 Å². The summed E-state index contributed by atoms with van der Waals surface area (Å²) in [6.45, 7) is 6.10. The van der Waals surface area contributed by atoms with Crippen molar-refractivity contribution in [1.29, 1.82) is 0 Å². The van der Waals surface area contributed by atoms with E-state index in [4.69, 9.17) is 16.3 Å². The quantitative estimate of drug-likeness (QED) is 0.903. The Morgan fingerprint density at radius 1 is 1.53 bits per heavy atom. The highest BCUT2D eigenvalue weighted by atomic mass is 79.9. The topological polar surface area (TPSA) is 21.3 Å². The van der Waals surface area contributed by atoms with E-state index in [1.54, 1.807) is 0 Å². The number of ether oxygens (including phenoxy) is 1. The number of nitrogens with one attached hydrogen (secondary N) is 1. The Kier molecular flexibility index (Phi) is 4.34. The summed E-state index contributed by atoms with van der Waals surface area (Å²) in [6.07, 6.45) is 1.13. The van der Waals surface area contributed by atoms with Crippen molar-refractivity contribution in [3.8, 4) is 5.75 Å². The number of hydrogen-bond acceptors (Lipinski definition) is 2. The summed E-state index contributed by atoms with van der Waals surface area (Å²) >= 11 is 9.70. The third kappa shape index (κ3) is 2.78. The molecule has 0 aromatic heterocycles. The number of fused-ring (bicyclic) bond motifs is 1. The van der Waals surface area contributed by atoms with Crippen LogP contribution in [0, 0.1) is 5.92 Å². The second kappa shape index (κ2) is 5.59. The molecule has 17 heavy (non-hydrogen) atoms. The van der Waals surface area contributed by atoms with E-state index in [2.05, 4.69) is 41.2 Å². The Labute approximate surface area is 116 Å². The Hall–Kier alpha value is -0.250. The molecule has 2 rings (SSSR count). The van der Waals surface area contributed by atoms with Crippen molar-refractivity contribution in [2.75, 3.05) is 13.2 Å². The third-order valence-electron chi connectivity index (χ3n) is 3.05. The molecule has 1 aromatic rings. The predicted octanol–water partition coefficient (Wildman–Crippen LogP) is 4.17. The summed E-state index contributed by atoms with van der Waals surface area (Å²) < 4.78 is 6.74. The lowest BCUT2D eigenvalue weighted by Gasteiger charge is -2.33. The highest BCUT2D eigenvalue weighted by Crippen LogP contribution is 2.41. The van der Waals surface area contributed by atoms with Crippen molar-refractivity contribution in [3.63, 3.8) is 0 Å². The van der Waals surface area contributed by atoms with Gasteiger partial charge in [0.2, 0.25) is 0 Å². The van der Waals surface area contributed by atoms with Crippen LogP contribution >= 0.6 is 27.5 Å². The molecule has 4 heteroatoms. The molecule has 1 heterocycles. The van der Waals surface area contributed by atoms with Gasteiger partial charge >= 0.3 is 0 Å². The normalized spacial score (nSPS) is 23.1. The van der Waals surface area contributed by atoms with Gasteiger partial charge in [0.05, 0.1) is 11.6 Å². The molecule has 1 N–H and O–H groups in total. The first-order chi connectivity index (χ1) is 8.13. The molecule has 1 aromatic carbocycles. The van der Waals surface area contributed by atoms with Crippen molar-refractivity contribution in [2.24, 2.45) is 5.92 Å². The molecule has 2 unspecified atom stereocenters. The Morgan fingerprint density at radius 3 is 3.00 bits per heavy atom. The zero-order chi connectivity index (χ0) is 12.4. The van der Waals surface area contributed by atoms with Crippen LogP contribution in [0.15, 0.2) is 16.6 Å². The Balaban J connectivity index is 2.36. The van der Waals surface area contributed by atoms with E-state index in [1.807, 2.05) is 6.07 Å². The number of hydrogen-bond donors (Lipinski definition) is 1. The summed E-state index contributed by atoms with van der Waals surface area (Å²) in [4.78, 5) is 0. The van der Waals surface area contributed by atoms with Crippen LogP contribution in [-0.2, 0) is 0 Å². The molecule has 2 atom stereocenters. The van der Waals surface area contributed by atoms with Gasteiger partial charge in [-0.1, -0.05) is 41.4 Å². The molecule has 0 spiro atoms. The van der Waals surface area contributed by atoms with Gasteiger partial charge in [-0.25, -0.2) is 0 Å². The maximum atomic E-state index is 6.21. The molecule has 0 radical (unpaired) electrons. The first-order valence-electron chi connectivity index (χ1n) is 5.98. The standard InChI is InChI=1S/C13H17BrClNO/c1-3-4-16-12-8(2)7-17-13-10(12)5-9(14)6-11(13)15/h5-6,8,12,16H,3-4,7H2,1-2H3. The predicted molar refractivity (Wildman–Crippen MR) is 74.8 cm³/mol. The van der Waals surface area contributed by atoms with Gasteiger partial charge in [0.1, 0.15) is 5.75 Å². The van der Waals surface area contributed by atoms with Gasteiger partial charge in [-0.05, 0) is 25.1 Å². The number of benzene rings is 1. The molecular weight excluding hydrogens is 302 g/mol. The summed E-state index contributed by atoms with van der Waals surface area (Å²) in [6, 6.07) is 4.31. The molecule has 2 nitrogen and oxygen atoms in total. The molecule has 1 aliphatic heterocycles. The fourth-order valence-electron chi connectivity index (χ4n) is 2.19. The lowest BCUT2D eigenvalue weighted by Crippen LogP contribution is -2.34. The van der Waals surface area contributed by atoms with Crippen LogP contribution < -0.4 is 10.1 Å². The van der Waals surface area contributed by atoms with Crippen molar-refractivity contribution >= 4 is 27.5 Å². The van der Waals surface area contributed by atoms with Crippen LogP contribution in [0.5, 0.6) is 5.75 Å². The lowest BCUT2D eigenvalue weighted by molar-refractivity contribution is 0.189. The highest BCUT2D eigenvalue weighted by molar-refractivity contribution is 9.10. The molecule has 0 fully saturated rings. The minimum atomic E-state index is 0.327. The minimum absolute atomic E-state index is 0.327. The maximum Gasteiger partial charge on any atom is 0.142 e. The first-order valence-corrected chi connectivity index (χ1v) is 7.15. The van der Waals surface area contributed by atoms with E-state index < -0.39 is 0 Å². The van der Waals surface area contributed by atoms with E-state index in [0.717, 1.165) is 35.4 Å². The second-order valence-electron chi connectivity index (χ2n) is 4.53. The van der Waals surface area contributed by atoms with E-state index in [1.165, 1.54) is 0 Å². The fourth-order valence-corrected chi connectivity index (χ4v) is 3.08. The molecule has 0 saturated heterocycles. The lowest BCUT2D eigenvalue weighted by atomic mass is 9.92. The average molecular weight is 319 g/mol. The van der Waals surface area contributed by atoms with E-state index in [-0.39, 0.29) is 0 Å². The van der Waals surface area contributed by atoms with Crippen LogP contribution in [0.2, 0.25) is 5.02 Å². The number of rotatable bonds is 3. The van der Waals surface area contributed by atoms with Gasteiger partial charge < -0.3 is 10.1 Å². The van der Waals surface area contributed by atoms with Gasteiger partial charge in [0.15, 0.2) is 0 Å². The second-order valence-corrected chi connectivity index (χ2v) is 5.85. The third-order valence-corrected chi connectivity index (χ3v) is 3.78. The van der Waals surface area contributed by atoms with Gasteiger partial charge in [-0.3, -0.25) is 0 Å². The van der Waals surface area contributed by atoms with Gasteiger partial charge in [-0.2, -0.15) is 0 Å². The molecule has 94 valence electrons. The first kappa shape index (κ1) is 13.2. The Bertz CT molecular complexity index is 411. The van der Waals surface area contributed by atoms with Gasteiger partial charge in [-0.15, -0.1) is 0 Å². The maximum absolute atomic E-state index is 6.21. The SMILES string of the molecule is CCCNC1c2cc(Br)cc(Cl)c2OCC1C. The Morgan fingerprint density at radius 2 is 2.29 bits per heavy atom. The van der Waals surface area contributed by atoms with Gasteiger partial charge in [0, 0.05) is 22.0 Å². The van der Waals surface area contributed by atoms with Gasteiger partial charge in [0.25, 0.3) is 0 Å². The molecular formula is C13H17BrClNO. The molecule has 0 saturated carbocycles. The van der Waals surface area contributed by atoms with Crippen LogP contribution in [0.4, 0.5) is 0 Å². The van der Waals surface area contributed by atoms with E-state index in [9.17, 15) is 0 Å². The van der Waals surface area contributed by atoms with Crippen molar-refractivity contribution in [2.45, 2.75) is 26.3 Å². The average Bonchev–Trinajstić information content (AvgIpc) is 2.27. The summed E-state index contributed by atoms with van der Waals surface area (Å²) in [5.41, 5.74) is 1.16. The van der Waals surface area contributed by atoms with E-state index >= 15 is 0 Å². The van der Waals surface area contributed by atoms with Crippen LogP contribution in [0.1, 0.15) is 31.9 Å². The van der Waals surface area contributed by atoms with Crippen LogP contribution in [0.25, 0.3) is 0 Å². The van der Waals surface area contributed by atoms with Crippen LogP contribution in [0.3, 0.4) is 0 Å². The van der Waals surface area contributed by atoms with Crippen molar-refractivity contribution in [1.82, 2.24) is 5.32 Å². The molecule has 0 amide bonds. The molecule has 0 aliphatic carbocycles. The fraction of sp³-hybridized carbons (Fsp3) is 0.538. The zero-order valence-electron chi connectivity index (χ0n) is 10.1. The largest absolute Gasteiger partial charge is 0.491 e. The van der Waals surface area contributed by atoms with Crippen molar-refractivity contribution in [3.05, 3.63) is 27.2 Å². The smallest absolute Gasteiger partial charge is 0.142 e. The summed E-state index contributed by atoms with van der Waals surface area (Å²) in [5, 5.41) is 4.26. The summed E-state index contributed by atoms with van der Waals surface area (Å²) in [7, 11) is 0. The molecule has 0 bridgehead atoms. The number of halogens is 2. The minimum Gasteiger partial charge on any atom is -0.491 e. The highest BCUT2D eigenvalue weighted by Gasteiger charge is 2.29.